The number of benzene rings is 1. The molecule has 1 aliphatic heterocycles. The third-order valence-corrected chi connectivity index (χ3v) is 2.77. The molecule has 1 fully saturated rings. The summed E-state index contributed by atoms with van der Waals surface area (Å²) in [6, 6.07) is 6.09. The highest BCUT2D eigenvalue weighted by Crippen LogP contribution is 2.52. The van der Waals surface area contributed by atoms with Gasteiger partial charge >= 0.3 is 5.97 Å². The van der Waals surface area contributed by atoms with E-state index in [4.69, 9.17) is 9.84 Å². The van der Waals surface area contributed by atoms with E-state index in [0.717, 1.165) is 0 Å². The molecule has 1 aromatic rings. The van der Waals surface area contributed by atoms with E-state index < -0.39 is 23.5 Å². The second-order valence-electron chi connectivity index (χ2n) is 3.57. The normalized spacial score (nSPS) is 28.8. The Morgan fingerprint density at radius 3 is 2.73 bits per heavy atom. The number of rotatable bonds is 3. The first-order chi connectivity index (χ1) is 7.12. The number of carbonyl (C=O) groups is 1. The van der Waals surface area contributed by atoms with Gasteiger partial charge in [0.25, 0.3) is 0 Å². The molecule has 1 saturated heterocycles. The number of carboxylic acids is 1. The lowest BCUT2D eigenvalue weighted by atomic mass is 9.97. The van der Waals surface area contributed by atoms with Crippen molar-refractivity contribution in [2.75, 3.05) is 0 Å². The minimum absolute atomic E-state index is 0.321. The largest absolute Gasteiger partial charge is 0.479 e. The van der Waals surface area contributed by atoms with Crippen molar-refractivity contribution in [2.45, 2.75) is 25.0 Å². The monoisotopic (exact) mass is 210 g/mol. The lowest BCUT2D eigenvalue weighted by Crippen LogP contribution is -2.23. The van der Waals surface area contributed by atoms with Crippen LogP contribution in [0.15, 0.2) is 24.3 Å². The Morgan fingerprint density at radius 2 is 2.27 bits per heavy atom. The molecule has 2 atom stereocenters. The molecule has 0 aliphatic carbocycles. The van der Waals surface area contributed by atoms with Crippen LogP contribution in [-0.2, 0) is 9.53 Å². The summed E-state index contributed by atoms with van der Waals surface area (Å²) in [5.41, 5.74) is -0.899. The molecule has 0 aromatic heterocycles. The topological polar surface area (TPSA) is 49.8 Å². The van der Waals surface area contributed by atoms with Gasteiger partial charge in [-0.2, -0.15) is 0 Å². The van der Waals surface area contributed by atoms with Crippen molar-refractivity contribution in [1.29, 1.82) is 0 Å². The summed E-state index contributed by atoms with van der Waals surface area (Å²) in [6.07, 6.45) is -0.317. The predicted octanol–water partition coefficient (Wildman–Crippen LogP) is 2.13. The SMILES string of the molecule is CC[C@@]1(C(=O)O)O[C@H]1c1ccccc1F. The van der Waals surface area contributed by atoms with Crippen LogP contribution in [0.5, 0.6) is 0 Å². The van der Waals surface area contributed by atoms with E-state index in [1.807, 2.05) is 0 Å². The molecule has 2 rings (SSSR count). The third kappa shape index (κ3) is 1.41. The Kier molecular flexibility index (Phi) is 2.23. The van der Waals surface area contributed by atoms with E-state index in [1.165, 1.54) is 6.07 Å². The fraction of sp³-hybridized carbons (Fsp3) is 0.364. The molecule has 0 amide bonds. The van der Waals surface area contributed by atoms with Crippen LogP contribution < -0.4 is 0 Å². The van der Waals surface area contributed by atoms with E-state index in [-0.39, 0.29) is 0 Å². The van der Waals surface area contributed by atoms with E-state index in [1.54, 1.807) is 25.1 Å². The average Bonchev–Trinajstić information content (AvgIpc) is 2.94. The summed E-state index contributed by atoms with van der Waals surface area (Å²) in [7, 11) is 0. The standard InChI is InChI=1S/C11H11FO3/c1-2-11(10(13)14)9(15-11)7-5-3-4-6-8(7)12/h3-6,9H,2H2,1H3,(H,13,14)/t9-,11+/m0/s1. The highest BCUT2D eigenvalue weighted by Gasteiger charge is 2.63. The van der Waals surface area contributed by atoms with Gasteiger partial charge in [0.05, 0.1) is 0 Å². The highest BCUT2D eigenvalue weighted by molar-refractivity contribution is 5.81. The van der Waals surface area contributed by atoms with Gasteiger partial charge in [0.15, 0.2) is 5.60 Å². The maximum Gasteiger partial charge on any atom is 0.339 e. The highest BCUT2D eigenvalue weighted by atomic mass is 19.1. The van der Waals surface area contributed by atoms with Crippen molar-refractivity contribution in [2.24, 2.45) is 0 Å². The molecule has 0 radical (unpaired) electrons. The van der Waals surface area contributed by atoms with Crippen molar-refractivity contribution >= 4 is 5.97 Å². The zero-order chi connectivity index (χ0) is 11.1. The molecular weight excluding hydrogens is 199 g/mol. The maximum absolute atomic E-state index is 13.4. The van der Waals surface area contributed by atoms with Crippen LogP contribution in [-0.4, -0.2) is 16.7 Å². The number of carboxylic acid groups (broad SMARTS) is 1. The predicted molar refractivity (Wildman–Crippen MR) is 50.9 cm³/mol. The van der Waals surface area contributed by atoms with Gasteiger partial charge < -0.3 is 9.84 Å². The Labute approximate surface area is 86.5 Å². The minimum Gasteiger partial charge on any atom is -0.479 e. The maximum atomic E-state index is 13.4. The van der Waals surface area contributed by atoms with Crippen LogP contribution in [0.1, 0.15) is 25.0 Å². The van der Waals surface area contributed by atoms with Crippen LogP contribution in [0.25, 0.3) is 0 Å². The van der Waals surface area contributed by atoms with Crippen LogP contribution in [0.4, 0.5) is 4.39 Å². The summed E-state index contributed by atoms with van der Waals surface area (Å²) in [4.78, 5) is 11.0. The molecule has 15 heavy (non-hydrogen) atoms. The molecule has 0 spiro atoms. The fourth-order valence-electron chi connectivity index (χ4n) is 1.76. The Morgan fingerprint density at radius 1 is 1.60 bits per heavy atom. The smallest absolute Gasteiger partial charge is 0.339 e. The number of halogens is 1. The number of hydrogen-bond donors (Lipinski definition) is 1. The molecule has 4 heteroatoms. The van der Waals surface area contributed by atoms with Gasteiger partial charge in [-0.1, -0.05) is 25.1 Å². The Bertz CT molecular complexity index is 405. The van der Waals surface area contributed by atoms with Gasteiger partial charge in [-0.15, -0.1) is 0 Å². The van der Waals surface area contributed by atoms with E-state index in [2.05, 4.69) is 0 Å². The van der Waals surface area contributed by atoms with Crippen LogP contribution in [0.3, 0.4) is 0 Å². The molecule has 1 aromatic carbocycles. The quantitative estimate of drug-likeness (QED) is 0.777. The first kappa shape index (κ1) is 10.1. The summed E-state index contributed by atoms with van der Waals surface area (Å²) in [5, 5.41) is 8.98. The first-order valence-electron chi connectivity index (χ1n) is 4.77. The van der Waals surface area contributed by atoms with Crippen LogP contribution in [0.2, 0.25) is 0 Å². The lowest BCUT2D eigenvalue weighted by Gasteiger charge is -2.03. The van der Waals surface area contributed by atoms with E-state index >= 15 is 0 Å². The first-order valence-corrected chi connectivity index (χ1v) is 4.77. The third-order valence-electron chi connectivity index (χ3n) is 2.77. The van der Waals surface area contributed by atoms with Gasteiger partial charge in [0, 0.05) is 5.56 Å². The molecule has 80 valence electrons. The van der Waals surface area contributed by atoms with Crippen LogP contribution >= 0.6 is 0 Å². The summed E-state index contributed by atoms with van der Waals surface area (Å²) in [5.74, 6) is -1.45. The van der Waals surface area contributed by atoms with Gasteiger partial charge in [0.2, 0.25) is 0 Å². The van der Waals surface area contributed by atoms with Crippen molar-refractivity contribution in [3.05, 3.63) is 35.6 Å². The van der Waals surface area contributed by atoms with Crippen molar-refractivity contribution in [3.8, 4) is 0 Å². The van der Waals surface area contributed by atoms with E-state index in [9.17, 15) is 9.18 Å². The zero-order valence-electron chi connectivity index (χ0n) is 8.24. The second-order valence-corrected chi connectivity index (χ2v) is 3.57. The van der Waals surface area contributed by atoms with Gasteiger partial charge in [-0.3, -0.25) is 0 Å². The Balaban J connectivity index is 2.30. The molecule has 1 aliphatic rings. The second kappa shape index (κ2) is 3.31. The number of aliphatic carboxylic acids is 1. The molecule has 1 heterocycles. The summed E-state index contributed by atoms with van der Waals surface area (Å²) >= 11 is 0. The molecular formula is C11H11FO3. The number of epoxide rings is 1. The Hall–Kier alpha value is -1.42. The number of hydrogen-bond acceptors (Lipinski definition) is 2. The van der Waals surface area contributed by atoms with Crippen molar-refractivity contribution in [3.63, 3.8) is 0 Å². The van der Waals surface area contributed by atoms with E-state index in [0.29, 0.717) is 12.0 Å². The number of ether oxygens (including phenoxy) is 1. The average molecular weight is 210 g/mol. The van der Waals surface area contributed by atoms with Crippen molar-refractivity contribution in [1.82, 2.24) is 0 Å². The van der Waals surface area contributed by atoms with Gasteiger partial charge in [0.1, 0.15) is 11.9 Å². The molecule has 0 bridgehead atoms. The van der Waals surface area contributed by atoms with Crippen molar-refractivity contribution < 1.29 is 19.0 Å². The van der Waals surface area contributed by atoms with Gasteiger partial charge in [-0.25, -0.2) is 9.18 Å². The minimum atomic E-state index is -1.22. The van der Waals surface area contributed by atoms with Crippen LogP contribution in [0, 0.1) is 5.82 Å². The lowest BCUT2D eigenvalue weighted by molar-refractivity contribution is -0.143. The summed E-state index contributed by atoms with van der Waals surface area (Å²) in [6.45, 7) is 1.72. The summed E-state index contributed by atoms with van der Waals surface area (Å²) < 4.78 is 18.5. The molecule has 0 saturated carbocycles. The molecule has 1 N–H and O–H groups in total. The zero-order valence-corrected chi connectivity index (χ0v) is 8.24. The fourth-order valence-corrected chi connectivity index (χ4v) is 1.76. The van der Waals surface area contributed by atoms with Gasteiger partial charge in [-0.05, 0) is 12.5 Å². The molecule has 0 unspecified atom stereocenters. The molecule has 3 nitrogen and oxygen atoms in total.